The van der Waals surface area contributed by atoms with Crippen molar-refractivity contribution in [2.45, 2.75) is 29.5 Å². The zero-order valence-corrected chi connectivity index (χ0v) is 16.9. The number of nitrogens with zero attached hydrogens (tertiary/aromatic N) is 1. The van der Waals surface area contributed by atoms with Crippen LogP contribution in [0.3, 0.4) is 0 Å². The van der Waals surface area contributed by atoms with Gasteiger partial charge in [-0.15, -0.1) is 11.3 Å². The van der Waals surface area contributed by atoms with Gasteiger partial charge in [0, 0.05) is 31.1 Å². The Hall–Kier alpha value is -2.10. The molecule has 3 heterocycles. The number of likely N-dealkylation sites (tertiary alicyclic amines) is 1. The molecule has 2 aliphatic heterocycles. The molecular weight excluding hydrogens is 400 g/mol. The third-order valence-corrected chi connectivity index (χ3v) is 7.78. The highest BCUT2D eigenvalue weighted by atomic mass is 32.2. The second-order valence-electron chi connectivity index (χ2n) is 6.83. The molecule has 1 fully saturated rings. The lowest BCUT2D eigenvalue weighted by atomic mass is 10.0. The summed E-state index contributed by atoms with van der Waals surface area (Å²) in [6.07, 6.45) is 1.98. The minimum absolute atomic E-state index is 0.0739. The molecule has 1 aromatic heterocycles. The summed E-state index contributed by atoms with van der Waals surface area (Å²) < 4.78 is 39.1. The molecule has 0 saturated carbocycles. The fraction of sp³-hybridized carbons (Fsp3) is 0.421. The molecule has 9 heteroatoms. The zero-order chi connectivity index (χ0) is 19.6. The van der Waals surface area contributed by atoms with E-state index in [4.69, 9.17) is 9.47 Å². The van der Waals surface area contributed by atoms with Crippen LogP contribution in [0.5, 0.6) is 11.5 Å². The van der Waals surface area contributed by atoms with E-state index in [0.717, 1.165) is 6.42 Å². The summed E-state index contributed by atoms with van der Waals surface area (Å²) >= 11 is 1.20. The van der Waals surface area contributed by atoms with E-state index in [9.17, 15) is 13.2 Å². The summed E-state index contributed by atoms with van der Waals surface area (Å²) in [6, 6.07) is 8.40. The Morgan fingerprint density at radius 3 is 2.57 bits per heavy atom. The van der Waals surface area contributed by atoms with E-state index in [1.165, 1.54) is 11.3 Å². The highest BCUT2D eigenvalue weighted by Crippen LogP contribution is 2.31. The number of sulfonamides is 1. The van der Waals surface area contributed by atoms with Gasteiger partial charge in [-0.1, -0.05) is 6.07 Å². The molecule has 0 aliphatic carbocycles. The van der Waals surface area contributed by atoms with Crippen LogP contribution in [0.1, 0.15) is 29.6 Å². The number of nitrogens with one attached hydrogen (secondary N) is 1. The number of piperidine rings is 1. The molecule has 0 atom stereocenters. The van der Waals surface area contributed by atoms with Crippen molar-refractivity contribution in [2.75, 3.05) is 26.3 Å². The molecule has 0 spiro atoms. The SMILES string of the molecule is O=C(c1ccc2c(c1)OCCCO2)N1CCC(NS(=O)(=O)c2cccs2)CC1. The first kappa shape index (κ1) is 19.2. The van der Waals surface area contributed by atoms with Crippen LogP contribution in [-0.4, -0.2) is 51.6 Å². The zero-order valence-electron chi connectivity index (χ0n) is 15.3. The Morgan fingerprint density at radius 1 is 1.11 bits per heavy atom. The number of thiophene rings is 1. The maximum absolute atomic E-state index is 12.8. The van der Waals surface area contributed by atoms with Crippen LogP contribution in [0, 0.1) is 0 Å². The average molecular weight is 423 g/mol. The van der Waals surface area contributed by atoms with Gasteiger partial charge < -0.3 is 14.4 Å². The number of rotatable bonds is 4. The van der Waals surface area contributed by atoms with E-state index in [1.54, 1.807) is 40.6 Å². The molecule has 1 amide bonds. The normalized spacial score (nSPS) is 17.9. The van der Waals surface area contributed by atoms with Gasteiger partial charge >= 0.3 is 0 Å². The number of ether oxygens (including phenoxy) is 2. The molecule has 4 rings (SSSR count). The predicted octanol–water partition coefficient (Wildman–Crippen LogP) is 2.49. The van der Waals surface area contributed by atoms with Gasteiger partial charge in [-0.25, -0.2) is 13.1 Å². The maximum Gasteiger partial charge on any atom is 0.253 e. The van der Waals surface area contributed by atoms with Crippen molar-refractivity contribution in [3.05, 3.63) is 41.3 Å². The van der Waals surface area contributed by atoms with E-state index in [1.807, 2.05) is 0 Å². The molecule has 28 heavy (non-hydrogen) atoms. The molecule has 150 valence electrons. The second-order valence-corrected chi connectivity index (χ2v) is 9.72. The fourth-order valence-electron chi connectivity index (χ4n) is 3.37. The highest BCUT2D eigenvalue weighted by Gasteiger charge is 2.28. The van der Waals surface area contributed by atoms with Crippen LogP contribution >= 0.6 is 11.3 Å². The van der Waals surface area contributed by atoms with Gasteiger partial charge in [0.1, 0.15) is 4.21 Å². The lowest BCUT2D eigenvalue weighted by Gasteiger charge is -2.32. The second kappa shape index (κ2) is 8.10. The molecule has 7 nitrogen and oxygen atoms in total. The number of carbonyl (C=O) groups is 1. The number of carbonyl (C=O) groups excluding carboxylic acids is 1. The number of amides is 1. The van der Waals surface area contributed by atoms with Crippen LogP contribution in [-0.2, 0) is 10.0 Å². The van der Waals surface area contributed by atoms with Gasteiger partial charge in [-0.05, 0) is 42.5 Å². The Morgan fingerprint density at radius 2 is 1.86 bits per heavy atom. The van der Waals surface area contributed by atoms with Gasteiger partial charge in [0.15, 0.2) is 11.5 Å². The Balaban J connectivity index is 1.37. The minimum Gasteiger partial charge on any atom is -0.490 e. The summed E-state index contributed by atoms with van der Waals surface area (Å²) in [7, 11) is -3.49. The van der Waals surface area contributed by atoms with Crippen molar-refractivity contribution < 1.29 is 22.7 Å². The quantitative estimate of drug-likeness (QED) is 0.818. The summed E-state index contributed by atoms with van der Waals surface area (Å²) in [4.78, 5) is 14.6. The largest absolute Gasteiger partial charge is 0.490 e. The third kappa shape index (κ3) is 4.16. The number of hydrogen-bond donors (Lipinski definition) is 1. The average Bonchev–Trinajstić information content (AvgIpc) is 3.15. The summed E-state index contributed by atoms with van der Waals surface area (Å²) in [5.41, 5.74) is 0.557. The Bertz CT molecular complexity index is 935. The number of hydrogen-bond acceptors (Lipinski definition) is 6. The van der Waals surface area contributed by atoms with Crippen molar-refractivity contribution in [1.29, 1.82) is 0 Å². The third-order valence-electron chi connectivity index (χ3n) is 4.86. The molecule has 0 bridgehead atoms. The van der Waals surface area contributed by atoms with Gasteiger partial charge in [-0.2, -0.15) is 0 Å². The highest BCUT2D eigenvalue weighted by molar-refractivity contribution is 7.91. The van der Waals surface area contributed by atoms with Crippen molar-refractivity contribution in [2.24, 2.45) is 0 Å². The van der Waals surface area contributed by atoms with Gasteiger partial charge in [-0.3, -0.25) is 4.79 Å². The van der Waals surface area contributed by atoms with Crippen LogP contribution in [0.15, 0.2) is 39.9 Å². The molecule has 2 aliphatic rings. The van der Waals surface area contributed by atoms with Crippen molar-refractivity contribution in [1.82, 2.24) is 9.62 Å². The number of benzene rings is 1. The molecule has 1 N–H and O–H groups in total. The molecule has 0 radical (unpaired) electrons. The first-order chi connectivity index (χ1) is 13.5. The van der Waals surface area contributed by atoms with Crippen LogP contribution < -0.4 is 14.2 Å². The molecule has 1 aromatic carbocycles. The van der Waals surface area contributed by atoms with E-state index in [-0.39, 0.29) is 11.9 Å². The van der Waals surface area contributed by atoms with E-state index < -0.39 is 10.0 Å². The van der Waals surface area contributed by atoms with Crippen LogP contribution in [0.25, 0.3) is 0 Å². The van der Waals surface area contributed by atoms with Crippen molar-refractivity contribution in [3.63, 3.8) is 0 Å². The lowest BCUT2D eigenvalue weighted by molar-refractivity contribution is 0.0711. The fourth-order valence-corrected chi connectivity index (χ4v) is 5.69. The predicted molar refractivity (Wildman–Crippen MR) is 106 cm³/mol. The summed E-state index contributed by atoms with van der Waals surface area (Å²) in [5.74, 6) is 1.19. The number of fused-ring (bicyclic) bond motifs is 1. The van der Waals surface area contributed by atoms with E-state index in [2.05, 4.69) is 4.72 Å². The Kier molecular flexibility index (Phi) is 5.56. The Labute approximate surface area is 168 Å². The van der Waals surface area contributed by atoms with Crippen LogP contribution in [0.4, 0.5) is 0 Å². The summed E-state index contributed by atoms with van der Waals surface area (Å²) in [5, 5.41) is 1.74. The van der Waals surface area contributed by atoms with E-state index in [0.29, 0.717) is 60.4 Å². The molecule has 1 saturated heterocycles. The molecular formula is C19H22N2O5S2. The summed E-state index contributed by atoms with van der Waals surface area (Å²) in [6.45, 7) is 2.19. The van der Waals surface area contributed by atoms with Gasteiger partial charge in [0.05, 0.1) is 13.2 Å². The maximum atomic E-state index is 12.8. The van der Waals surface area contributed by atoms with E-state index >= 15 is 0 Å². The minimum atomic E-state index is -3.49. The lowest BCUT2D eigenvalue weighted by Crippen LogP contribution is -2.46. The first-order valence-corrected chi connectivity index (χ1v) is 11.6. The van der Waals surface area contributed by atoms with Gasteiger partial charge in [0.2, 0.25) is 10.0 Å². The topological polar surface area (TPSA) is 84.9 Å². The van der Waals surface area contributed by atoms with Crippen molar-refractivity contribution in [3.8, 4) is 11.5 Å². The van der Waals surface area contributed by atoms with Crippen molar-refractivity contribution >= 4 is 27.3 Å². The smallest absolute Gasteiger partial charge is 0.253 e. The standard InChI is InChI=1S/C19H22N2O5S2/c22-19(14-4-5-16-17(13-14)26-11-2-10-25-16)21-8-6-15(7-9-21)20-28(23,24)18-3-1-12-27-18/h1,3-5,12-13,15,20H,2,6-11H2. The van der Waals surface area contributed by atoms with Crippen LogP contribution in [0.2, 0.25) is 0 Å². The van der Waals surface area contributed by atoms with Gasteiger partial charge in [0.25, 0.3) is 5.91 Å². The molecule has 2 aromatic rings. The molecule has 0 unspecified atom stereocenters. The first-order valence-electron chi connectivity index (χ1n) is 9.28. The monoisotopic (exact) mass is 422 g/mol.